The van der Waals surface area contributed by atoms with Crippen molar-refractivity contribution in [1.82, 2.24) is 0 Å². The lowest BCUT2D eigenvalue weighted by molar-refractivity contribution is -0.138. The van der Waals surface area contributed by atoms with Gasteiger partial charge in [0.05, 0.1) is 16.0 Å². The first-order valence-corrected chi connectivity index (χ1v) is 8.04. The van der Waals surface area contributed by atoms with Gasteiger partial charge >= 0.3 is 12.4 Å². The van der Waals surface area contributed by atoms with E-state index in [1.807, 2.05) is 0 Å². The summed E-state index contributed by atoms with van der Waals surface area (Å²) in [5.41, 5.74) is -3.88. The van der Waals surface area contributed by atoms with E-state index < -0.39 is 49.5 Å². The van der Waals surface area contributed by atoms with Crippen molar-refractivity contribution in [2.24, 2.45) is 4.40 Å². The van der Waals surface area contributed by atoms with Crippen molar-refractivity contribution in [1.29, 1.82) is 0 Å². The largest absolute Gasteiger partial charge is 0.417 e. The molecule has 0 atom stereocenters. The van der Waals surface area contributed by atoms with Crippen molar-refractivity contribution in [2.45, 2.75) is 17.2 Å². The first kappa shape index (κ1) is 19.7. The normalized spacial score (nSPS) is 12.5. The van der Waals surface area contributed by atoms with E-state index in [9.17, 15) is 39.6 Å². The van der Waals surface area contributed by atoms with Gasteiger partial charge in [0, 0.05) is 5.56 Å². The molecule has 138 valence electrons. The van der Waals surface area contributed by atoms with Gasteiger partial charge in [-0.2, -0.15) is 34.8 Å². The smallest absolute Gasteiger partial charge is 0.210 e. The molecule has 26 heavy (non-hydrogen) atoms. The van der Waals surface area contributed by atoms with E-state index in [2.05, 4.69) is 4.40 Å². The lowest BCUT2D eigenvalue weighted by Gasteiger charge is -2.16. The minimum Gasteiger partial charge on any atom is -0.210 e. The molecule has 0 amide bonds. The number of carbonyl (C=O) groups excluding carboxylic acids is 1. The Balaban J connectivity index is 2.83. The number of benzene rings is 2. The highest BCUT2D eigenvalue weighted by Gasteiger charge is 2.37. The van der Waals surface area contributed by atoms with E-state index >= 15 is 0 Å². The summed E-state index contributed by atoms with van der Waals surface area (Å²) in [6, 6.07) is 4.55. The quantitative estimate of drug-likeness (QED) is 0.439. The molecular weight excluding hydrogens is 388 g/mol. The maximum absolute atomic E-state index is 13.3. The molecule has 0 aliphatic heterocycles. The van der Waals surface area contributed by atoms with Crippen molar-refractivity contribution in [3.8, 4) is 11.1 Å². The lowest BCUT2D eigenvalue weighted by Crippen LogP contribution is -2.11. The average Bonchev–Trinajstić information content (AvgIpc) is 2.52. The number of sulfonamides is 1. The number of rotatable bonds is 3. The molecule has 4 nitrogen and oxygen atoms in total. The van der Waals surface area contributed by atoms with Crippen molar-refractivity contribution >= 4 is 16.1 Å². The van der Waals surface area contributed by atoms with Gasteiger partial charge in [-0.1, -0.05) is 22.6 Å². The Kier molecular flexibility index (Phi) is 4.98. The second-order valence-electron chi connectivity index (χ2n) is 4.91. The molecule has 2 rings (SSSR count). The van der Waals surface area contributed by atoms with Crippen LogP contribution in [0.1, 0.15) is 11.1 Å². The molecule has 0 N–H and O–H groups in total. The zero-order chi connectivity index (χ0) is 19.8. The number of halogens is 6. The van der Waals surface area contributed by atoms with Crippen LogP contribution in [0.15, 0.2) is 51.8 Å². The summed E-state index contributed by atoms with van der Waals surface area (Å²) in [5.74, 6) is 0. The van der Waals surface area contributed by atoms with E-state index in [1.54, 1.807) is 0 Å². The van der Waals surface area contributed by atoms with Gasteiger partial charge < -0.3 is 0 Å². The Morgan fingerprint density at radius 2 is 1.42 bits per heavy atom. The molecule has 2 aromatic carbocycles. The molecule has 2 aromatic rings. The fourth-order valence-electron chi connectivity index (χ4n) is 2.20. The molecule has 0 heterocycles. The van der Waals surface area contributed by atoms with E-state index in [0.29, 0.717) is 30.3 Å². The van der Waals surface area contributed by atoms with Crippen LogP contribution in [-0.2, 0) is 27.2 Å². The standard InChI is InChI=1S/C15H7F6NO3S/c16-14(17,18)10-6-4-9(5-7-10)13-11(15(19,20)21)2-1-3-12(13)26(24,25)22-8-23/h1-7H. The topological polar surface area (TPSA) is 63.6 Å². The van der Waals surface area contributed by atoms with Gasteiger partial charge in [-0.05, 0) is 29.8 Å². The van der Waals surface area contributed by atoms with Crippen molar-refractivity contribution < 1.29 is 39.6 Å². The third-order valence-corrected chi connectivity index (χ3v) is 4.48. The van der Waals surface area contributed by atoms with Crippen LogP contribution in [-0.4, -0.2) is 14.5 Å². The summed E-state index contributed by atoms with van der Waals surface area (Å²) in [6.45, 7) is 0. The Morgan fingerprint density at radius 1 is 0.846 bits per heavy atom. The summed E-state index contributed by atoms with van der Waals surface area (Å²) in [6.07, 6.45) is -9.00. The Hall–Kier alpha value is -2.65. The lowest BCUT2D eigenvalue weighted by atomic mass is 9.98. The van der Waals surface area contributed by atoms with Crippen molar-refractivity contribution in [3.63, 3.8) is 0 Å². The monoisotopic (exact) mass is 395 g/mol. The number of nitrogens with zero attached hydrogens (tertiary/aromatic N) is 1. The van der Waals surface area contributed by atoms with Crippen molar-refractivity contribution in [3.05, 3.63) is 53.6 Å². The van der Waals surface area contributed by atoms with Crippen LogP contribution in [0, 0.1) is 0 Å². The molecule has 11 heteroatoms. The third-order valence-electron chi connectivity index (χ3n) is 3.27. The first-order valence-electron chi connectivity index (χ1n) is 6.60. The fraction of sp³-hybridized carbons (Fsp3) is 0.133. The third kappa shape index (κ3) is 3.94. The van der Waals surface area contributed by atoms with Gasteiger partial charge in [-0.15, -0.1) is 0 Å². The average molecular weight is 395 g/mol. The van der Waals surface area contributed by atoms with Crippen LogP contribution in [0.5, 0.6) is 0 Å². The van der Waals surface area contributed by atoms with Gasteiger partial charge in [-0.3, -0.25) is 0 Å². The van der Waals surface area contributed by atoms with E-state index in [-0.39, 0.29) is 0 Å². The van der Waals surface area contributed by atoms with E-state index in [4.69, 9.17) is 0 Å². The van der Waals surface area contributed by atoms with Gasteiger partial charge in [-0.25, -0.2) is 4.79 Å². The number of isocyanates is 1. The Morgan fingerprint density at radius 3 is 1.88 bits per heavy atom. The zero-order valence-electron chi connectivity index (χ0n) is 12.4. The number of hydrogen-bond acceptors (Lipinski definition) is 3. The van der Waals surface area contributed by atoms with Crippen LogP contribution in [0.25, 0.3) is 11.1 Å². The number of alkyl halides is 6. The van der Waals surface area contributed by atoms with Crippen LogP contribution in [0.4, 0.5) is 26.3 Å². The summed E-state index contributed by atoms with van der Waals surface area (Å²) in [4.78, 5) is 9.28. The second-order valence-corrected chi connectivity index (χ2v) is 6.48. The molecule has 0 aliphatic rings. The fourth-order valence-corrected chi connectivity index (χ4v) is 3.14. The minimum atomic E-state index is -5.01. The molecule has 0 aromatic heterocycles. The summed E-state index contributed by atoms with van der Waals surface area (Å²) < 4.78 is 104. The Labute approximate surface area is 142 Å². The Bertz CT molecular complexity index is 972. The van der Waals surface area contributed by atoms with Gasteiger partial charge in [0.15, 0.2) is 0 Å². The predicted molar refractivity (Wildman–Crippen MR) is 77.2 cm³/mol. The van der Waals surface area contributed by atoms with E-state index in [1.165, 1.54) is 0 Å². The first-order chi connectivity index (χ1) is 11.9. The molecular formula is C15H7F6NO3S. The second kappa shape index (κ2) is 6.58. The maximum Gasteiger partial charge on any atom is 0.417 e. The van der Waals surface area contributed by atoms with Gasteiger partial charge in [0.25, 0.3) is 16.1 Å². The predicted octanol–water partition coefficient (Wildman–Crippen LogP) is 4.42. The summed E-state index contributed by atoms with van der Waals surface area (Å²) in [7, 11) is -4.83. The van der Waals surface area contributed by atoms with Gasteiger partial charge in [0.1, 0.15) is 0 Å². The molecule has 0 aliphatic carbocycles. The highest BCUT2D eigenvalue weighted by atomic mass is 32.2. The molecule has 0 saturated heterocycles. The molecule has 0 unspecified atom stereocenters. The molecule has 0 radical (unpaired) electrons. The van der Waals surface area contributed by atoms with Gasteiger partial charge in [0.2, 0.25) is 0 Å². The summed E-state index contributed by atoms with van der Waals surface area (Å²) >= 11 is 0. The van der Waals surface area contributed by atoms with Crippen LogP contribution in [0.2, 0.25) is 0 Å². The zero-order valence-corrected chi connectivity index (χ0v) is 13.2. The summed E-state index contributed by atoms with van der Waals surface area (Å²) in [5, 5.41) is 0. The molecule has 0 fully saturated rings. The minimum absolute atomic E-state index is 0.439. The highest BCUT2D eigenvalue weighted by molar-refractivity contribution is 7.90. The molecule has 0 bridgehead atoms. The molecule has 0 saturated carbocycles. The number of hydrogen-bond donors (Lipinski definition) is 0. The molecule has 0 spiro atoms. The maximum atomic E-state index is 13.3. The van der Waals surface area contributed by atoms with Crippen LogP contribution < -0.4 is 0 Å². The highest BCUT2D eigenvalue weighted by Crippen LogP contribution is 2.41. The SMILES string of the molecule is O=C=NS(=O)(=O)c1cccc(C(F)(F)F)c1-c1ccc(C(F)(F)F)cc1. The van der Waals surface area contributed by atoms with Crippen LogP contribution in [0.3, 0.4) is 0 Å². The van der Waals surface area contributed by atoms with Crippen molar-refractivity contribution in [2.75, 3.05) is 0 Å². The van der Waals surface area contributed by atoms with E-state index in [0.717, 1.165) is 18.2 Å². The van der Waals surface area contributed by atoms with Crippen LogP contribution >= 0.6 is 0 Å².